The van der Waals surface area contributed by atoms with Crippen molar-refractivity contribution in [3.05, 3.63) is 34.9 Å². The lowest BCUT2D eigenvalue weighted by Gasteiger charge is -2.21. The van der Waals surface area contributed by atoms with Gasteiger partial charge < -0.3 is 4.90 Å². The largest absolute Gasteiger partial charge is 0.343 e. The van der Waals surface area contributed by atoms with Crippen LogP contribution in [0.1, 0.15) is 30.9 Å². The van der Waals surface area contributed by atoms with Crippen LogP contribution in [0.15, 0.2) is 24.3 Å². The molecule has 1 aromatic carbocycles. The molecular weight excluding hydrogens is 312 g/mol. The monoisotopic (exact) mass is 330 g/mol. The molecular formula is C14H19ClN2O3S. The fraction of sp³-hybridized carbons (Fsp3) is 0.500. The average Bonchev–Trinajstić information content (AvgIpc) is 2.91. The SMILES string of the molecule is CS(=O)(=O)N[C@H](CC(=O)N1CCCC1)c1ccc(Cl)cc1. The maximum absolute atomic E-state index is 12.2. The van der Waals surface area contributed by atoms with Gasteiger partial charge in [0.25, 0.3) is 0 Å². The summed E-state index contributed by atoms with van der Waals surface area (Å²) < 4.78 is 25.6. The van der Waals surface area contributed by atoms with Crippen LogP contribution in [0.25, 0.3) is 0 Å². The van der Waals surface area contributed by atoms with E-state index in [0.717, 1.165) is 37.8 Å². The molecule has 0 spiro atoms. The Morgan fingerprint density at radius 3 is 2.38 bits per heavy atom. The highest BCUT2D eigenvalue weighted by Crippen LogP contribution is 2.22. The van der Waals surface area contributed by atoms with E-state index in [-0.39, 0.29) is 12.3 Å². The van der Waals surface area contributed by atoms with E-state index in [0.29, 0.717) is 5.02 Å². The molecule has 116 valence electrons. The number of sulfonamides is 1. The van der Waals surface area contributed by atoms with Crippen LogP contribution in [0.3, 0.4) is 0 Å². The summed E-state index contributed by atoms with van der Waals surface area (Å²) in [6.45, 7) is 1.51. The third kappa shape index (κ3) is 4.98. The van der Waals surface area contributed by atoms with E-state index in [9.17, 15) is 13.2 Å². The van der Waals surface area contributed by atoms with Crippen LogP contribution in [0.4, 0.5) is 0 Å². The molecule has 5 nitrogen and oxygen atoms in total. The zero-order chi connectivity index (χ0) is 15.5. The van der Waals surface area contributed by atoms with Gasteiger partial charge in [0, 0.05) is 24.5 Å². The first-order valence-corrected chi connectivity index (χ1v) is 9.12. The molecule has 1 N–H and O–H groups in total. The predicted molar refractivity (Wildman–Crippen MR) is 82.6 cm³/mol. The number of nitrogens with one attached hydrogen (secondary N) is 1. The Morgan fingerprint density at radius 1 is 1.29 bits per heavy atom. The number of amides is 1. The first-order valence-electron chi connectivity index (χ1n) is 6.86. The molecule has 1 saturated heterocycles. The molecule has 0 radical (unpaired) electrons. The van der Waals surface area contributed by atoms with Crippen molar-refractivity contribution in [2.75, 3.05) is 19.3 Å². The molecule has 2 rings (SSSR count). The minimum atomic E-state index is -3.40. The molecule has 1 aromatic rings. The van der Waals surface area contributed by atoms with Crippen LogP contribution >= 0.6 is 11.6 Å². The number of nitrogens with zero attached hydrogens (tertiary/aromatic N) is 1. The van der Waals surface area contributed by atoms with E-state index in [1.165, 1.54) is 0 Å². The van der Waals surface area contributed by atoms with Gasteiger partial charge in [0.1, 0.15) is 0 Å². The lowest BCUT2D eigenvalue weighted by molar-refractivity contribution is -0.130. The molecule has 0 saturated carbocycles. The molecule has 1 heterocycles. The molecule has 0 unspecified atom stereocenters. The second-order valence-electron chi connectivity index (χ2n) is 5.29. The van der Waals surface area contributed by atoms with Crippen molar-refractivity contribution < 1.29 is 13.2 Å². The Bertz CT molecular complexity index is 595. The fourth-order valence-corrected chi connectivity index (χ4v) is 3.31. The van der Waals surface area contributed by atoms with Crippen molar-refractivity contribution in [1.29, 1.82) is 0 Å². The van der Waals surface area contributed by atoms with Crippen molar-refractivity contribution >= 4 is 27.5 Å². The summed E-state index contributed by atoms with van der Waals surface area (Å²) in [6, 6.07) is 6.29. The van der Waals surface area contributed by atoms with Crippen LogP contribution in [0.5, 0.6) is 0 Å². The summed E-state index contributed by atoms with van der Waals surface area (Å²) in [5, 5.41) is 0.572. The summed E-state index contributed by atoms with van der Waals surface area (Å²) in [7, 11) is -3.40. The Morgan fingerprint density at radius 2 is 1.86 bits per heavy atom. The molecule has 0 aliphatic carbocycles. The summed E-state index contributed by atoms with van der Waals surface area (Å²) in [5.41, 5.74) is 0.734. The van der Waals surface area contributed by atoms with Crippen molar-refractivity contribution in [1.82, 2.24) is 9.62 Å². The van der Waals surface area contributed by atoms with Gasteiger partial charge in [0.2, 0.25) is 15.9 Å². The predicted octanol–water partition coefficient (Wildman–Crippen LogP) is 1.94. The topological polar surface area (TPSA) is 66.5 Å². The zero-order valence-corrected chi connectivity index (χ0v) is 13.5. The zero-order valence-electron chi connectivity index (χ0n) is 11.9. The normalized spacial score (nSPS) is 17.0. The van der Waals surface area contributed by atoms with Gasteiger partial charge in [0.05, 0.1) is 12.3 Å². The third-order valence-electron chi connectivity index (χ3n) is 3.47. The Balaban J connectivity index is 2.15. The fourth-order valence-electron chi connectivity index (χ4n) is 2.45. The molecule has 0 bridgehead atoms. The molecule has 1 fully saturated rings. The minimum Gasteiger partial charge on any atom is -0.343 e. The van der Waals surface area contributed by atoms with Gasteiger partial charge in [-0.3, -0.25) is 4.79 Å². The standard InChI is InChI=1S/C14H19ClN2O3S/c1-21(19,20)16-13(11-4-6-12(15)7-5-11)10-14(18)17-8-2-3-9-17/h4-7,13,16H,2-3,8-10H2,1H3/t13-/m1/s1. The summed E-state index contributed by atoms with van der Waals surface area (Å²) in [6.07, 6.45) is 3.23. The number of likely N-dealkylation sites (tertiary alicyclic amines) is 1. The Kier molecular flexibility index (Phi) is 5.24. The number of rotatable bonds is 5. The van der Waals surface area contributed by atoms with Gasteiger partial charge in [-0.05, 0) is 30.5 Å². The first-order chi connectivity index (χ1) is 9.85. The van der Waals surface area contributed by atoms with Gasteiger partial charge in [0.15, 0.2) is 0 Å². The molecule has 21 heavy (non-hydrogen) atoms. The summed E-state index contributed by atoms with van der Waals surface area (Å²) in [4.78, 5) is 14.0. The Labute approximate surface area is 130 Å². The molecule has 0 aromatic heterocycles. The van der Waals surface area contributed by atoms with Crippen molar-refractivity contribution in [3.63, 3.8) is 0 Å². The van der Waals surface area contributed by atoms with E-state index in [1.807, 2.05) is 0 Å². The molecule has 7 heteroatoms. The van der Waals surface area contributed by atoms with E-state index in [4.69, 9.17) is 11.6 Å². The maximum atomic E-state index is 12.2. The smallest absolute Gasteiger partial charge is 0.224 e. The molecule has 1 atom stereocenters. The van der Waals surface area contributed by atoms with Crippen LogP contribution < -0.4 is 4.72 Å². The van der Waals surface area contributed by atoms with Crippen molar-refractivity contribution in [3.8, 4) is 0 Å². The molecule has 1 amide bonds. The summed E-state index contributed by atoms with van der Waals surface area (Å²) in [5.74, 6) is -0.0244. The number of halogens is 1. The highest BCUT2D eigenvalue weighted by molar-refractivity contribution is 7.88. The van der Waals surface area contributed by atoms with E-state index in [1.54, 1.807) is 29.2 Å². The van der Waals surface area contributed by atoms with Crippen molar-refractivity contribution in [2.24, 2.45) is 0 Å². The summed E-state index contributed by atoms with van der Waals surface area (Å²) >= 11 is 5.84. The quantitative estimate of drug-likeness (QED) is 0.897. The van der Waals surface area contributed by atoms with Gasteiger partial charge in [-0.25, -0.2) is 13.1 Å². The van der Waals surface area contributed by atoms with E-state index >= 15 is 0 Å². The number of benzene rings is 1. The van der Waals surface area contributed by atoms with Crippen LogP contribution in [-0.2, 0) is 14.8 Å². The van der Waals surface area contributed by atoms with Gasteiger partial charge in [-0.15, -0.1) is 0 Å². The minimum absolute atomic E-state index is 0.0244. The molecule has 1 aliphatic heterocycles. The van der Waals surface area contributed by atoms with E-state index < -0.39 is 16.1 Å². The lowest BCUT2D eigenvalue weighted by Crippen LogP contribution is -2.34. The first kappa shape index (κ1) is 16.3. The van der Waals surface area contributed by atoms with Gasteiger partial charge in [-0.2, -0.15) is 0 Å². The average molecular weight is 331 g/mol. The third-order valence-corrected chi connectivity index (χ3v) is 4.43. The van der Waals surface area contributed by atoms with Gasteiger partial charge in [-0.1, -0.05) is 23.7 Å². The molecule has 1 aliphatic rings. The van der Waals surface area contributed by atoms with Gasteiger partial charge >= 0.3 is 0 Å². The second-order valence-corrected chi connectivity index (χ2v) is 7.50. The highest BCUT2D eigenvalue weighted by atomic mass is 35.5. The number of carbonyl (C=O) groups excluding carboxylic acids is 1. The van der Waals surface area contributed by atoms with Crippen LogP contribution in [0.2, 0.25) is 5.02 Å². The maximum Gasteiger partial charge on any atom is 0.224 e. The van der Waals surface area contributed by atoms with E-state index in [2.05, 4.69) is 4.72 Å². The van der Waals surface area contributed by atoms with Crippen LogP contribution in [-0.4, -0.2) is 38.6 Å². The highest BCUT2D eigenvalue weighted by Gasteiger charge is 2.24. The lowest BCUT2D eigenvalue weighted by atomic mass is 10.0. The second kappa shape index (κ2) is 6.77. The van der Waals surface area contributed by atoms with Crippen molar-refractivity contribution in [2.45, 2.75) is 25.3 Å². The Hall–Kier alpha value is -1.11. The number of carbonyl (C=O) groups is 1. The number of hydrogen-bond acceptors (Lipinski definition) is 3. The van der Waals surface area contributed by atoms with Crippen LogP contribution in [0, 0.1) is 0 Å². The number of hydrogen-bond donors (Lipinski definition) is 1.